The molecule has 2 N–H and O–H groups in total. The van der Waals surface area contributed by atoms with Crippen LogP contribution in [-0.4, -0.2) is 53.8 Å². The second kappa shape index (κ2) is 8.53. The Bertz CT molecular complexity index is 356. The molecular formula is C14H22BrNO3. The molecule has 0 amide bonds. The Hall–Kier alpha value is -0.620. The lowest BCUT2D eigenvalue weighted by Gasteiger charge is -2.17. The number of likely N-dealkylation sites (N-methyl/N-ethyl adjacent to an activating group) is 1. The molecule has 0 spiro atoms. The van der Waals surface area contributed by atoms with Gasteiger partial charge >= 0.3 is 0 Å². The van der Waals surface area contributed by atoms with Gasteiger partial charge in [-0.3, -0.25) is 0 Å². The molecule has 0 radical (unpaired) electrons. The van der Waals surface area contributed by atoms with Crippen LogP contribution in [-0.2, 0) is 0 Å². The fourth-order valence-electron chi connectivity index (χ4n) is 1.60. The molecule has 4 nitrogen and oxygen atoms in total. The van der Waals surface area contributed by atoms with E-state index in [9.17, 15) is 10.2 Å². The highest BCUT2D eigenvalue weighted by Crippen LogP contribution is 2.22. The van der Waals surface area contributed by atoms with E-state index < -0.39 is 12.2 Å². The Morgan fingerprint density at radius 1 is 1.21 bits per heavy atom. The molecule has 0 aliphatic carbocycles. The third-order valence-corrected chi connectivity index (χ3v) is 3.26. The van der Waals surface area contributed by atoms with Crippen LogP contribution >= 0.6 is 15.9 Å². The number of benzene rings is 1. The van der Waals surface area contributed by atoms with E-state index in [1.807, 2.05) is 26.2 Å². The monoisotopic (exact) mass is 331 g/mol. The Kier molecular flexibility index (Phi) is 7.38. The summed E-state index contributed by atoms with van der Waals surface area (Å²) in [5.41, 5.74) is 0.702. The van der Waals surface area contributed by atoms with Crippen LogP contribution in [0.5, 0.6) is 5.75 Å². The van der Waals surface area contributed by atoms with Gasteiger partial charge in [-0.1, -0.05) is 28.1 Å². The van der Waals surface area contributed by atoms with E-state index in [1.54, 1.807) is 12.1 Å². The molecule has 2 atom stereocenters. The van der Waals surface area contributed by atoms with Crippen LogP contribution in [0.3, 0.4) is 0 Å². The lowest BCUT2D eigenvalue weighted by molar-refractivity contribution is 0.0173. The number of alkyl halides is 1. The van der Waals surface area contributed by atoms with Gasteiger partial charge in [0, 0.05) is 11.9 Å². The van der Waals surface area contributed by atoms with Gasteiger partial charge in [-0.05, 0) is 38.2 Å². The van der Waals surface area contributed by atoms with Gasteiger partial charge in [-0.25, -0.2) is 0 Å². The first kappa shape index (κ1) is 16.4. The number of halogens is 1. The first-order chi connectivity index (χ1) is 9.04. The first-order valence-corrected chi connectivity index (χ1v) is 7.46. The van der Waals surface area contributed by atoms with Crippen molar-refractivity contribution in [2.24, 2.45) is 0 Å². The minimum atomic E-state index is -0.853. The van der Waals surface area contributed by atoms with Crippen molar-refractivity contribution >= 4 is 15.9 Å². The van der Waals surface area contributed by atoms with Crippen molar-refractivity contribution in [1.29, 1.82) is 0 Å². The highest BCUT2D eigenvalue weighted by atomic mass is 79.9. The second-order valence-electron chi connectivity index (χ2n) is 4.71. The van der Waals surface area contributed by atoms with Gasteiger partial charge in [-0.15, -0.1) is 0 Å². The minimum Gasteiger partial charge on any atom is -0.492 e. The smallest absolute Gasteiger partial charge is 0.119 e. The number of hydrogen-bond donors (Lipinski definition) is 2. The van der Waals surface area contributed by atoms with Crippen molar-refractivity contribution in [1.82, 2.24) is 4.90 Å². The molecule has 0 aromatic heterocycles. The summed E-state index contributed by atoms with van der Waals surface area (Å²) in [4.78, 5) is 2.05. The predicted octanol–water partition coefficient (Wildman–Crippen LogP) is 1.81. The average Bonchev–Trinajstić information content (AvgIpc) is 2.38. The summed E-state index contributed by atoms with van der Waals surface area (Å²) in [7, 11) is 3.99. The van der Waals surface area contributed by atoms with Crippen LogP contribution in [0.25, 0.3) is 0 Å². The lowest BCUT2D eigenvalue weighted by atomic mass is 10.0. The highest BCUT2D eigenvalue weighted by Gasteiger charge is 2.17. The zero-order valence-corrected chi connectivity index (χ0v) is 13.0. The number of aliphatic hydroxyl groups excluding tert-OH is 2. The zero-order chi connectivity index (χ0) is 14.3. The number of rotatable bonds is 8. The molecule has 108 valence electrons. The van der Waals surface area contributed by atoms with Crippen molar-refractivity contribution in [3.63, 3.8) is 0 Å². The first-order valence-electron chi connectivity index (χ1n) is 6.34. The Morgan fingerprint density at radius 2 is 1.84 bits per heavy atom. The standard InChI is InChI=1S/C14H22BrNO3/c1-16(2)9-10-19-12-5-3-11(4-6-12)14(18)13(17)7-8-15/h3-6,13-14,17-18H,7-10H2,1-2H3. The van der Waals surface area contributed by atoms with Crippen LogP contribution in [0, 0.1) is 0 Å². The molecule has 19 heavy (non-hydrogen) atoms. The summed E-state index contributed by atoms with van der Waals surface area (Å²) >= 11 is 3.25. The summed E-state index contributed by atoms with van der Waals surface area (Å²) in [5.74, 6) is 0.771. The molecule has 0 saturated heterocycles. The zero-order valence-electron chi connectivity index (χ0n) is 11.4. The number of hydrogen-bond acceptors (Lipinski definition) is 4. The lowest BCUT2D eigenvalue weighted by Crippen LogP contribution is -2.19. The van der Waals surface area contributed by atoms with E-state index >= 15 is 0 Å². The molecule has 0 fully saturated rings. The van der Waals surface area contributed by atoms with Crippen LogP contribution in [0.4, 0.5) is 0 Å². The summed E-state index contributed by atoms with van der Waals surface area (Å²) in [6.07, 6.45) is -1.09. The summed E-state index contributed by atoms with van der Waals surface area (Å²) in [6.45, 7) is 1.48. The van der Waals surface area contributed by atoms with Gasteiger partial charge < -0.3 is 19.8 Å². The number of aliphatic hydroxyl groups is 2. The molecule has 0 saturated carbocycles. The minimum absolute atomic E-state index is 0.516. The molecule has 0 aliphatic rings. The van der Waals surface area contributed by atoms with Crippen molar-refractivity contribution in [2.45, 2.75) is 18.6 Å². The predicted molar refractivity (Wildman–Crippen MR) is 79.9 cm³/mol. The van der Waals surface area contributed by atoms with Gasteiger partial charge in [0.1, 0.15) is 18.5 Å². The van der Waals surface area contributed by atoms with Crippen LogP contribution in [0.1, 0.15) is 18.1 Å². The van der Waals surface area contributed by atoms with E-state index in [1.165, 1.54) is 0 Å². The molecule has 2 unspecified atom stereocenters. The second-order valence-corrected chi connectivity index (χ2v) is 5.50. The fraction of sp³-hybridized carbons (Fsp3) is 0.571. The maximum atomic E-state index is 9.94. The molecular weight excluding hydrogens is 310 g/mol. The van der Waals surface area contributed by atoms with Gasteiger partial charge in [0.15, 0.2) is 0 Å². The maximum absolute atomic E-state index is 9.94. The summed E-state index contributed by atoms with van der Waals surface area (Å²) in [5, 5.41) is 20.3. The molecule has 0 heterocycles. The van der Waals surface area contributed by atoms with Crippen LogP contribution < -0.4 is 4.74 Å². The molecule has 0 aliphatic heterocycles. The fourth-order valence-corrected chi connectivity index (χ4v) is 2.07. The molecule has 1 rings (SSSR count). The van der Waals surface area contributed by atoms with E-state index in [4.69, 9.17) is 4.74 Å². The quantitative estimate of drug-likeness (QED) is 0.713. The van der Waals surface area contributed by atoms with Gasteiger partial charge in [0.05, 0.1) is 6.10 Å². The Balaban J connectivity index is 2.51. The van der Waals surface area contributed by atoms with E-state index in [0.29, 0.717) is 23.9 Å². The number of nitrogens with zero attached hydrogens (tertiary/aromatic N) is 1. The van der Waals surface area contributed by atoms with Crippen molar-refractivity contribution < 1.29 is 14.9 Å². The van der Waals surface area contributed by atoms with E-state index in [0.717, 1.165) is 12.3 Å². The van der Waals surface area contributed by atoms with E-state index in [2.05, 4.69) is 20.8 Å². The highest BCUT2D eigenvalue weighted by molar-refractivity contribution is 9.09. The topological polar surface area (TPSA) is 52.9 Å². The summed E-state index contributed by atoms with van der Waals surface area (Å²) < 4.78 is 5.57. The molecule has 1 aromatic rings. The Morgan fingerprint density at radius 3 is 2.37 bits per heavy atom. The largest absolute Gasteiger partial charge is 0.492 e. The Labute approximate surface area is 123 Å². The molecule has 1 aromatic carbocycles. The van der Waals surface area contributed by atoms with Crippen LogP contribution in [0.2, 0.25) is 0 Å². The van der Waals surface area contributed by atoms with Crippen molar-refractivity contribution in [3.05, 3.63) is 29.8 Å². The normalized spacial score (nSPS) is 14.4. The van der Waals surface area contributed by atoms with Crippen LogP contribution in [0.15, 0.2) is 24.3 Å². The number of ether oxygens (including phenoxy) is 1. The van der Waals surface area contributed by atoms with Crippen molar-refractivity contribution in [2.75, 3.05) is 32.6 Å². The third kappa shape index (κ3) is 5.91. The molecule has 0 bridgehead atoms. The van der Waals surface area contributed by atoms with Gasteiger partial charge in [-0.2, -0.15) is 0 Å². The van der Waals surface area contributed by atoms with Gasteiger partial charge in [0.25, 0.3) is 0 Å². The summed E-state index contributed by atoms with van der Waals surface area (Å²) in [6, 6.07) is 7.20. The third-order valence-electron chi connectivity index (χ3n) is 2.80. The maximum Gasteiger partial charge on any atom is 0.119 e. The van der Waals surface area contributed by atoms with E-state index in [-0.39, 0.29) is 0 Å². The molecule has 5 heteroatoms. The van der Waals surface area contributed by atoms with Gasteiger partial charge in [0.2, 0.25) is 0 Å². The average molecular weight is 332 g/mol. The van der Waals surface area contributed by atoms with Crippen molar-refractivity contribution in [3.8, 4) is 5.75 Å². The SMILES string of the molecule is CN(C)CCOc1ccc(C(O)C(O)CCBr)cc1.